The zero-order valence-electron chi connectivity index (χ0n) is 13.8. The number of nitrogens with one attached hydrogen (secondary N) is 1. The van der Waals surface area contributed by atoms with Crippen LogP contribution in [-0.2, 0) is 5.41 Å². The number of hydrogen-bond acceptors (Lipinski definition) is 1. The quantitative estimate of drug-likeness (QED) is 0.593. The van der Waals surface area contributed by atoms with Crippen LogP contribution in [0.5, 0.6) is 0 Å². The Morgan fingerprint density at radius 3 is 2.18 bits per heavy atom. The predicted molar refractivity (Wildman–Crippen MR) is 97.1 cm³/mol. The van der Waals surface area contributed by atoms with E-state index in [1.165, 1.54) is 27.6 Å². The van der Waals surface area contributed by atoms with Crippen LogP contribution in [0.4, 0.5) is 11.4 Å². The maximum absolute atomic E-state index is 3.59. The Bertz CT molecular complexity index is 792. The van der Waals surface area contributed by atoms with Crippen LogP contribution in [0.3, 0.4) is 0 Å². The molecule has 1 nitrogen and oxygen atoms in total. The van der Waals surface area contributed by atoms with Crippen LogP contribution >= 0.6 is 0 Å². The minimum Gasteiger partial charge on any atom is -0.355 e. The highest BCUT2D eigenvalue weighted by Crippen LogP contribution is 2.33. The molecule has 0 aromatic heterocycles. The molecular formula is C21H23N. The summed E-state index contributed by atoms with van der Waals surface area (Å²) >= 11 is 0. The molecule has 0 radical (unpaired) electrons. The smallest absolute Gasteiger partial charge is 0.0466 e. The van der Waals surface area contributed by atoms with E-state index in [9.17, 15) is 0 Å². The van der Waals surface area contributed by atoms with Crippen LogP contribution < -0.4 is 5.32 Å². The lowest BCUT2D eigenvalue weighted by atomic mass is 9.85. The van der Waals surface area contributed by atoms with Gasteiger partial charge in [0.05, 0.1) is 0 Å². The van der Waals surface area contributed by atoms with E-state index in [0.29, 0.717) is 0 Å². The lowest BCUT2D eigenvalue weighted by Gasteiger charge is -2.22. The van der Waals surface area contributed by atoms with Gasteiger partial charge in [-0.05, 0) is 41.5 Å². The van der Waals surface area contributed by atoms with E-state index >= 15 is 0 Å². The van der Waals surface area contributed by atoms with E-state index < -0.39 is 0 Å². The summed E-state index contributed by atoms with van der Waals surface area (Å²) in [6.07, 6.45) is 0. The van der Waals surface area contributed by atoms with Crippen molar-refractivity contribution in [1.82, 2.24) is 0 Å². The second kappa shape index (κ2) is 5.49. The van der Waals surface area contributed by atoms with Gasteiger partial charge in [0.15, 0.2) is 0 Å². The summed E-state index contributed by atoms with van der Waals surface area (Å²) in [7, 11) is 0. The number of aryl methyl sites for hydroxylation is 1. The van der Waals surface area contributed by atoms with Gasteiger partial charge in [-0.1, -0.05) is 68.8 Å². The van der Waals surface area contributed by atoms with Crippen molar-refractivity contribution in [3.8, 4) is 0 Å². The molecule has 0 saturated heterocycles. The molecule has 0 atom stereocenters. The maximum Gasteiger partial charge on any atom is 0.0466 e. The van der Waals surface area contributed by atoms with Crippen LogP contribution in [0.1, 0.15) is 31.9 Å². The Hall–Kier alpha value is -2.28. The summed E-state index contributed by atoms with van der Waals surface area (Å²) in [5.74, 6) is 0. The summed E-state index contributed by atoms with van der Waals surface area (Å²) in [5.41, 5.74) is 5.06. The fourth-order valence-corrected chi connectivity index (χ4v) is 2.64. The molecule has 0 bridgehead atoms. The predicted octanol–water partition coefficient (Wildman–Crippen LogP) is 6.19. The molecule has 0 saturated carbocycles. The van der Waals surface area contributed by atoms with Crippen molar-refractivity contribution in [3.05, 3.63) is 71.8 Å². The van der Waals surface area contributed by atoms with E-state index in [-0.39, 0.29) is 5.41 Å². The van der Waals surface area contributed by atoms with E-state index in [1.807, 2.05) is 0 Å². The molecular weight excluding hydrogens is 266 g/mol. The van der Waals surface area contributed by atoms with Crippen molar-refractivity contribution in [2.75, 3.05) is 5.32 Å². The van der Waals surface area contributed by atoms with Crippen molar-refractivity contribution in [3.63, 3.8) is 0 Å². The van der Waals surface area contributed by atoms with Crippen LogP contribution in [0.15, 0.2) is 60.7 Å². The molecule has 0 heterocycles. The Morgan fingerprint density at radius 2 is 1.50 bits per heavy atom. The van der Waals surface area contributed by atoms with Crippen LogP contribution in [0.25, 0.3) is 10.8 Å². The number of rotatable bonds is 2. The van der Waals surface area contributed by atoms with Crippen LogP contribution in [0.2, 0.25) is 0 Å². The molecule has 3 rings (SSSR count). The monoisotopic (exact) mass is 289 g/mol. The fourth-order valence-electron chi connectivity index (χ4n) is 2.64. The molecule has 0 aliphatic carbocycles. The van der Waals surface area contributed by atoms with Crippen molar-refractivity contribution >= 4 is 22.1 Å². The minimum absolute atomic E-state index is 0.133. The van der Waals surface area contributed by atoms with Gasteiger partial charge in [0.2, 0.25) is 0 Å². The molecule has 1 heteroatoms. The van der Waals surface area contributed by atoms with Gasteiger partial charge in [-0.3, -0.25) is 0 Å². The van der Waals surface area contributed by atoms with Gasteiger partial charge in [0.1, 0.15) is 0 Å². The summed E-state index contributed by atoms with van der Waals surface area (Å²) < 4.78 is 0. The third-order valence-electron chi connectivity index (χ3n) is 4.06. The number of anilines is 2. The molecule has 3 aromatic carbocycles. The van der Waals surface area contributed by atoms with Crippen LogP contribution in [-0.4, -0.2) is 0 Å². The number of hydrogen-bond donors (Lipinski definition) is 1. The third kappa shape index (κ3) is 2.99. The van der Waals surface area contributed by atoms with Gasteiger partial charge in [-0.15, -0.1) is 0 Å². The standard InChI is InChI=1S/C21H23N/c1-15-9-11-18(12-10-15)22-20-14-17(21(2,3)4)13-16-7-5-6-8-19(16)20/h5-14,22H,1-4H3. The highest BCUT2D eigenvalue weighted by Gasteiger charge is 2.16. The fraction of sp³-hybridized carbons (Fsp3) is 0.238. The molecule has 0 fully saturated rings. The van der Waals surface area contributed by atoms with E-state index in [1.54, 1.807) is 0 Å². The Kier molecular flexibility index (Phi) is 3.66. The van der Waals surface area contributed by atoms with Crippen molar-refractivity contribution < 1.29 is 0 Å². The third-order valence-corrected chi connectivity index (χ3v) is 4.06. The average Bonchev–Trinajstić information content (AvgIpc) is 2.48. The average molecular weight is 289 g/mol. The van der Waals surface area contributed by atoms with Crippen LogP contribution in [0, 0.1) is 6.92 Å². The summed E-state index contributed by atoms with van der Waals surface area (Å²) in [6, 6.07) is 21.7. The van der Waals surface area contributed by atoms with E-state index in [4.69, 9.17) is 0 Å². The first-order valence-corrected chi connectivity index (χ1v) is 7.80. The van der Waals surface area contributed by atoms with Gasteiger partial charge >= 0.3 is 0 Å². The van der Waals surface area contributed by atoms with Crippen molar-refractivity contribution in [2.24, 2.45) is 0 Å². The first-order valence-electron chi connectivity index (χ1n) is 7.80. The molecule has 0 amide bonds. The number of benzene rings is 3. The van der Waals surface area contributed by atoms with Gasteiger partial charge in [-0.25, -0.2) is 0 Å². The van der Waals surface area contributed by atoms with E-state index in [0.717, 1.165) is 5.69 Å². The largest absolute Gasteiger partial charge is 0.355 e. The highest BCUT2D eigenvalue weighted by molar-refractivity contribution is 5.96. The minimum atomic E-state index is 0.133. The molecule has 0 spiro atoms. The summed E-state index contributed by atoms with van der Waals surface area (Å²) in [6.45, 7) is 8.88. The van der Waals surface area contributed by atoms with Crippen molar-refractivity contribution in [2.45, 2.75) is 33.1 Å². The zero-order chi connectivity index (χ0) is 15.7. The second-order valence-corrected chi connectivity index (χ2v) is 6.99. The number of fused-ring (bicyclic) bond motifs is 1. The Morgan fingerprint density at radius 1 is 0.818 bits per heavy atom. The highest BCUT2D eigenvalue weighted by atomic mass is 14.9. The molecule has 1 N–H and O–H groups in total. The maximum atomic E-state index is 3.59. The molecule has 112 valence electrons. The topological polar surface area (TPSA) is 12.0 Å². The normalized spacial score (nSPS) is 11.6. The molecule has 3 aromatic rings. The Balaban J connectivity index is 2.12. The first kappa shape index (κ1) is 14.6. The lowest BCUT2D eigenvalue weighted by molar-refractivity contribution is 0.591. The molecule has 0 aliphatic heterocycles. The van der Waals surface area contributed by atoms with Gasteiger partial charge < -0.3 is 5.32 Å². The van der Waals surface area contributed by atoms with Crippen molar-refractivity contribution in [1.29, 1.82) is 0 Å². The first-order chi connectivity index (χ1) is 10.4. The second-order valence-electron chi connectivity index (χ2n) is 6.99. The van der Waals surface area contributed by atoms with E-state index in [2.05, 4.69) is 93.7 Å². The van der Waals surface area contributed by atoms with Gasteiger partial charge in [0.25, 0.3) is 0 Å². The SMILES string of the molecule is Cc1ccc(Nc2cc(C(C)(C)C)cc3ccccc23)cc1. The Labute approximate surface area is 133 Å². The molecule has 0 aliphatic rings. The lowest BCUT2D eigenvalue weighted by Crippen LogP contribution is -2.11. The van der Waals surface area contributed by atoms with Gasteiger partial charge in [0, 0.05) is 16.8 Å². The van der Waals surface area contributed by atoms with Gasteiger partial charge in [-0.2, -0.15) is 0 Å². The molecule has 0 unspecified atom stereocenters. The molecule has 22 heavy (non-hydrogen) atoms. The zero-order valence-corrected chi connectivity index (χ0v) is 13.8. The summed E-state index contributed by atoms with van der Waals surface area (Å²) in [4.78, 5) is 0. The summed E-state index contributed by atoms with van der Waals surface area (Å²) in [5, 5.41) is 6.13.